The first kappa shape index (κ1) is 25.8. The van der Waals surface area contributed by atoms with Gasteiger partial charge < -0.3 is 10.6 Å². The Morgan fingerprint density at radius 1 is 1.12 bits per heavy atom. The average molecular weight is 490 g/mol. The summed E-state index contributed by atoms with van der Waals surface area (Å²) in [6.07, 6.45) is 1.74. The van der Waals surface area contributed by atoms with E-state index in [0.717, 1.165) is 17.7 Å². The van der Waals surface area contributed by atoms with Gasteiger partial charge in [0.2, 0.25) is 21.8 Å². The zero-order chi connectivity index (χ0) is 24.7. The lowest BCUT2D eigenvalue weighted by atomic mass is 9.94. The van der Waals surface area contributed by atoms with Crippen LogP contribution in [0.15, 0.2) is 59.5 Å². The highest BCUT2D eigenvalue weighted by Gasteiger charge is 2.35. The number of hydrogen-bond acceptors (Lipinski definition) is 4. The zero-order valence-electron chi connectivity index (χ0n) is 19.5. The van der Waals surface area contributed by atoms with E-state index in [4.69, 9.17) is 0 Å². The Labute approximate surface area is 200 Å². The Bertz CT molecular complexity index is 1080. The van der Waals surface area contributed by atoms with Gasteiger partial charge in [-0.1, -0.05) is 50.6 Å². The lowest BCUT2D eigenvalue weighted by Crippen LogP contribution is -2.53. The van der Waals surface area contributed by atoms with Gasteiger partial charge in [-0.15, -0.1) is 0 Å². The molecule has 2 aromatic rings. The van der Waals surface area contributed by atoms with Crippen molar-refractivity contribution in [2.75, 3.05) is 13.1 Å². The van der Waals surface area contributed by atoms with Crippen LogP contribution in [0, 0.1) is 17.7 Å². The number of carbonyl (C=O) groups excluding carboxylic acids is 2. The molecule has 2 amide bonds. The molecule has 9 heteroatoms. The lowest BCUT2D eigenvalue weighted by molar-refractivity contribution is -0.133. The van der Waals surface area contributed by atoms with Crippen molar-refractivity contribution in [2.24, 2.45) is 11.8 Å². The minimum atomic E-state index is -3.84. The number of halogens is 1. The largest absolute Gasteiger partial charge is 0.350 e. The summed E-state index contributed by atoms with van der Waals surface area (Å²) in [5, 5.41) is 5.76. The number of hydrogen-bond donors (Lipinski definition) is 2. The number of piperidine rings is 1. The summed E-state index contributed by atoms with van der Waals surface area (Å²) in [6.45, 7) is 4.51. The van der Waals surface area contributed by atoms with Crippen molar-refractivity contribution in [1.29, 1.82) is 0 Å². The first-order valence-electron chi connectivity index (χ1n) is 11.6. The Hall–Kier alpha value is -2.78. The molecule has 1 aliphatic heterocycles. The van der Waals surface area contributed by atoms with Crippen molar-refractivity contribution in [2.45, 2.75) is 50.6 Å². The maximum atomic E-state index is 13.2. The zero-order valence-corrected chi connectivity index (χ0v) is 20.4. The first-order chi connectivity index (χ1) is 16.2. The molecule has 1 saturated heterocycles. The second-order valence-electron chi connectivity index (χ2n) is 8.73. The van der Waals surface area contributed by atoms with Crippen LogP contribution in [0.4, 0.5) is 4.39 Å². The van der Waals surface area contributed by atoms with Gasteiger partial charge in [0.25, 0.3) is 0 Å². The standard InChI is InChI=1S/C25H32FN3O4S/c1-3-18(2)23(25(31)27-16-19-8-5-4-6-9-19)28-24(30)20-10-7-15-29(17-20)34(32,33)22-13-11-21(26)12-14-22/h4-6,8-9,11-14,18,20,23H,3,7,10,15-17H2,1-2H3,(H,27,31)(H,28,30)/t18-,20-,23+/m1/s1. The minimum Gasteiger partial charge on any atom is -0.350 e. The Balaban J connectivity index is 1.66. The normalized spacial score (nSPS) is 18.6. The van der Waals surface area contributed by atoms with Crippen LogP contribution in [-0.2, 0) is 26.2 Å². The maximum Gasteiger partial charge on any atom is 0.243 e. The number of carbonyl (C=O) groups is 2. The van der Waals surface area contributed by atoms with Crippen molar-refractivity contribution in [3.63, 3.8) is 0 Å². The summed E-state index contributed by atoms with van der Waals surface area (Å²) >= 11 is 0. The molecule has 1 heterocycles. The quantitative estimate of drug-likeness (QED) is 0.566. The third-order valence-corrected chi connectivity index (χ3v) is 8.19. The molecule has 0 radical (unpaired) electrons. The van der Waals surface area contributed by atoms with E-state index in [0.29, 0.717) is 25.8 Å². The third kappa shape index (κ3) is 6.42. The third-order valence-electron chi connectivity index (χ3n) is 6.31. The molecule has 0 saturated carbocycles. The smallest absolute Gasteiger partial charge is 0.243 e. The van der Waals surface area contributed by atoms with Crippen LogP contribution < -0.4 is 10.6 Å². The van der Waals surface area contributed by atoms with E-state index >= 15 is 0 Å². The first-order valence-corrected chi connectivity index (χ1v) is 13.0. The molecule has 0 spiro atoms. The van der Waals surface area contributed by atoms with E-state index < -0.39 is 27.8 Å². The fraction of sp³-hybridized carbons (Fsp3) is 0.440. The molecule has 2 aromatic carbocycles. The number of sulfonamides is 1. The Kier molecular flexibility index (Phi) is 8.79. The maximum absolute atomic E-state index is 13.2. The lowest BCUT2D eigenvalue weighted by Gasteiger charge is -2.32. The van der Waals surface area contributed by atoms with Crippen LogP contribution in [0.2, 0.25) is 0 Å². The molecule has 0 bridgehead atoms. The van der Waals surface area contributed by atoms with E-state index in [1.165, 1.54) is 16.4 Å². The predicted molar refractivity (Wildman–Crippen MR) is 128 cm³/mol. The fourth-order valence-corrected chi connectivity index (χ4v) is 5.52. The van der Waals surface area contributed by atoms with Crippen molar-refractivity contribution in [1.82, 2.24) is 14.9 Å². The van der Waals surface area contributed by atoms with Gasteiger partial charge in [-0.2, -0.15) is 4.31 Å². The summed E-state index contributed by atoms with van der Waals surface area (Å²) in [5.41, 5.74) is 0.957. The van der Waals surface area contributed by atoms with Crippen molar-refractivity contribution in [3.05, 3.63) is 66.0 Å². The minimum absolute atomic E-state index is 0.00673. The summed E-state index contributed by atoms with van der Waals surface area (Å²) < 4.78 is 40.4. The predicted octanol–water partition coefficient (Wildman–Crippen LogP) is 3.07. The van der Waals surface area contributed by atoms with Gasteiger partial charge in [0.15, 0.2) is 0 Å². The van der Waals surface area contributed by atoms with Crippen LogP contribution in [0.5, 0.6) is 0 Å². The number of nitrogens with zero attached hydrogens (tertiary/aromatic N) is 1. The van der Waals surface area contributed by atoms with E-state index in [1.54, 1.807) is 0 Å². The molecule has 7 nitrogen and oxygen atoms in total. The summed E-state index contributed by atoms with van der Waals surface area (Å²) in [7, 11) is -3.84. The molecule has 2 N–H and O–H groups in total. The van der Waals surface area contributed by atoms with Gasteiger partial charge in [-0.3, -0.25) is 9.59 Å². The van der Waals surface area contributed by atoms with Crippen LogP contribution >= 0.6 is 0 Å². The fourth-order valence-electron chi connectivity index (χ4n) is 4.00. The second kappa shape index (κ2) is 11.6. The van der Waals surface area contributed by atoms with Gasteiger partial charge in [0, 0.05) is 19.6 Å². The van der Waals surface area contributed by atoms with Crippen LogP contribution in [-0.4, -0.2) is 43.7 Å². The molecule has 0 aliphatic carbocycles. The molecule has 1 fully saturated rings. The molecule has 1 aliphatic rings. The molecule has 0 aromatic heterocycles. The molecule has 184 valence electrons. The highest BCUT2D eigenvalue weighted by atomic mass is 32.2. The van der Waals surface area contributed by atoms with Crippen LogP contribution in [0.1, 0.15) is 38.7 Å². The van der Waals surface area contributed by atoms with Gasteiger partial charge >= 0.3 is 0 Å². The Morgan fingerprint density at radius 3 is 2.44 bits per heavy atom. The number of benzene rings is 2. The van der Waals surface area contributed by atoms with E-state index in [2.05, 4.69) is 10.6 Å². The highest BCUT2D eigenvalue weighted by molar-refractivity contribution is 7.89. The molecular weight excluding hydrogens is 457 g/mol. The van der Waals surface area contributed by atoms with Crippen molar-refractivity contribution < 1.29 is 22.4 Å². The molecule has 3 atom stereocenters. The van der Waals surface area contributed by atoms with E-state index in [-0.39, 0.29) is 35.7 Å². The average Bonchev–Trinajstić information content (AvgIpc) is 2.86. The number of rotatable bonds is 9. The second-order valence-corrected chi connectivity index (χ2v) is 10.7. The summed E-state index contributed by atoms with van der Waals surface area (Å²) in [6, 6.07) is 13.5. The van der Waals surface area contributed by atoms with E-state index in [9.17, 15) is 22.4 Å². The van der Waals surface area contributed by atoms with Gasteiger partial charge in [0.05, 0.1) is 10.8 Å². The topological polar surface area (TPSA) is 95.6 Å². The SMILES string of the molecule is CC[C@@H](C)[C@H](NC(=O)[C@@H]1CCCN(S(=O)(=O)c2ccc(F)cc2)C1)C(=O)NCc1ccccc1. The number of nitrogens with one attached hydrogen (secondary N) is 2. The summed E-state index contributed by atoms with van der Waals surface area (Å²) in [4.78, 5) is 26.0. The van der Waals surface area contributed by atoms with Gasteiger partial charge in [0.1, 0.15) is 11.9 Å². The molecule has 3 rings (SSSR count). The number of amides is 2. The molecular formula is C25H32FN3O4S. The van der Waals surface area contributed by atoms with Crippen LogP contribution in [0.25, 0.3) is 0 Å². The van der Waals surface area contributed by atoms with Crippen LogP contribution in [0.3, 0.4) is 0 Å². The van der Waals surface area contributed by atoms with Crippen molar-refractivity contribution >= 4 is 21.8 Å². The Morgan fingerprint density at radius 2 is 1.79 bits per heavy atom. The van der Waals surface area contributed by atoms with E-state index in [1.807, 2.05) is 44.2 Å². The monoisotopic (exact) mass is 489 g/mol. The summed E-state index contributed by atoms with van der Waals surface area (Å²) in [5.74, 6) is -1.78. The van der Waals surface area contributed by atoms with Gasteiger partial charge in [-0.05, 0) is 48.6 Å². The van der Waals surface area contributed by atoms with Gasteiger partial charge in [-0.25, -0.2) is 12.8 Å². The van der Waals surface area contributed by atoms with Crippen molar-refractivity contribution in [3.8, 4) is 0 Å². The molecule has 34 heavy (non-hydrogen) atoms. The molecule has 0 unspecified atom stereocenters. The highest BCUT2D eigenvalue weighted by Crippen LogP contribution is 2.24.